The van der Waals surface area contributed by atoms with E-state index in [1.54, 1.807) is 12.3 Å². The summed E-state index contributed by atoms with van der Waals surface area (Å²) in [6.45, 7) is 0. The molecule has 0 saturated carbocycles. The average molecular weight is 483 g/mol. The van der Waals surface area contributed by atoms with E-state index in [-0.39, 0.29) is 0 Å². The second-order valence-corrected chi connectivity index (χ2v) is 9.53. The van der Waals surface area contributed by atoms with E-state index < -0.39 is 0 Å². The van der Waals surface area contributed by atoms with Crippen molar-refractivity contribution >= 4 is 32.3 Å². The van der Waals surface area contributed by atoms with Gasteiger partial charge in [-0.15, -0.1) is 0 Å². The third-order valence-electron chi connectivity index (χ3n) is 7.31. The molecule has 0 aliphatic heterocycles. The van der Waals surface area contributed by atoms with E-state index in [1.165, 1.54) is 49.0 Å². The van der Waals surface area contributed by atoms with Gasteiger partial charge in [-0.2, -0.15) is 5.26 Å². The molecule has 0 saturated heterocycles. The van der Waals surface area contributed by atoms with E-state index >= 15 is 0 Å². The maximum atomic E-state index is 9.31. The number of nitriles is 1. The van der Waals surface area contributed by atoms with Gasteiger partial charge in [-0.1, -0.05) is 103 Å². The first-order valence-electron chi connectivity index (χ1n) is 12.7. The molecule has 0 atom stereocenters. The quantitative estimate of drug-likeness (QED) is 0.235. The number of aromatic nitrogens is 1. The molecule has 0 fully saturated rings. The first-order chi connectivity index (χ1) is 18.8. The summed E-state index contributed by atoms with van der Waals surface area (Å²) < 4.78 is 0. The minimum Gasteiger partial charge on any atom is -0.256 e. The highest BCUT2D eigenvalue weighted by Crippen LogP contribution is 2.45. The molecule has 0 amide bonds. The topological polar surface area (TPSA) is 36.7 Å². The van der Waals surface area contributed by atoms with Crippen LogP contribution in [0.25, 0.3) is 65.8 Å². The Morgan fingerprint density at radius 3 is 1.61 bits per heavy atom. The summed E-state index contributed by atoms with van der Waals surface area (Å²) in [6, 6.07) is 47.0. The Kier molecular flexibility index (Phi) is 5.20. The standard InChI is InChI=1S/C36H22N2/c37-23-24-18-19-38-34(20-24)25-14-16-27(17-15-25)36-31-13-7-6-12-30(31)35(26-8-2-1-3-9-26)32-21-28-10-4-5-11-29(28)22-33(32)36/h1-22H. The molecular weight excluding hydrogens is 460 g/mol. The van der Waals surface area contributed by atoms with Crippen molar-refractivity contribution in [2.75, 3.05) is 0 Å². The Bertz CT molecular complexity index is 2010. The molecule has 7 aromatic rings. The Morgan fingerprint density at radius 1 is 0.474 bits per heavy atom. The number of hydrogen-bond donors (Lipinski definition) is 0. The molecule has 38 heavy (non-hydrogen) atoms. The van der Waals surface area contributed by atoms with Crippen molar-refractivity contribution in [1.82, 2.24) is 4.98 Å². The van der Waals surface area contributed by atoms with Crippen LogP contribution in [-0.4, -0.2) is 4.98 Å². The van der Waals surface area contributed by atoms with E-state index in [4.69, 9.17) is 0 Å². The van der Waals surface area contributed by atoms with Crippen LogP contribution in [0.1, 0.15) is 5.56 Å². The van der Waals surface area contributed by atoms with Crippen LogP contribution in [0.2, 0.25) is 0 Å². The first kappa shape index (κ1) is 22.0. The van der Waals surface area contributed by atoms with Gasteiger partial charge in [0, 0.05) is 11.8 Å². The van der Waals surface area contributed by atoms with E-state index in [9.17, 15) is 5.26 Å². The summed E-state index contributed by atoms with van der Waals surface area (Å²) in [4.78, 5) is 4.49. The second-order valence-electron chi connectivity index (χ2n) is 9.53. The van der Waals surface area contributed by atoms with Crippen molar-refractivity contribution in [3.8, 4) is 39.6 Å². The third-order valence-corrected chi connectivity index (χ3v) is 7.31. The van der Waals surface area contributed by atoms with Gasteiger partial charge >= 0.3 is 0 Å². The fraction of sp³-hybridized carbons (Fsp3) is 0. The van der Waals surface area contributed by atoms with E-state index in [2.05, 4.69) is 126 Å². The smallest absolute Gasteiger partial charge is 0.0992 e. The van der Waals surface area contributed by atoms with Crippen molar-refractivity contribution in [2.24, 2.45) is 0 Å². The minimum atomic E-state index is 0.611. The molecule has 0 aliphatic rings. The summed E-state index contributed by atoms with van der Waals surface area (Å²) in [5.74, 6) is 0. The zero-order valence-electron chi connectivity index (χ0n) is 20.6. The number of pyridine rings is 1. The van der Waals surface area contributed by atoms with Gasteiger partial charge in [-0.3, -0.25) is 4.98 Å². The predicted octanol–water partition coefficient (Wildman–Crippen LogP) is 9.41. The maximum absolute atomic E-state index is 9.31. The lowest BCUT2D eigenvalue weighted by Gasteiger charge is -2.19. The molecule has 6 aromatic carbocycles. The van der Waals surface area contributed by atoms with Gasteiger partial charge in [-0.05, 0) is 78.8 Å². The fourth-order valence-corrected chi connectivity index (χ4v) is 5.56. The van der Waals surface area contributed by atoms with Crippen LogP contribution in [0.5, 0.6) is 0 Å². The van der Waals surface area contributed by atoms with Crippen LogP contribution in [0.15, 0.2) is 134 Å². The highest BCUT2D eigenvalue weighted by molar-refractivity contribution is 6.23. The van der Waals surface area contributed by atoms with Gasteiger partial charge in [0.15, 0.2) is 0 Å². The number of fused-ring (bicyclic) bond motifs is 3. The molecule has 1 heterocycles. The molecule has 0 spiro atoms. The Labute approximate surface area is 221 Å². The normalized spacial score (nSPS) is 11.1. The number of benzene rings is 6. The lowest BCUT2D eigenvalue weighted by Crippen LogP contribution is -1.92. The summed E-state index contributed by atoms with van der Waals surface area (Å²) in [5, 5.41) is 16.7. The summed E-state index contributed by atoms with van der Waals surface area (Å²) >= 11 is 0. The molecule has 0 radical (unpaired) electrons. The molecule has 2 nitrogen and oxygen atoms in total. The third kappa shape index (κ3) is 3.61. The average Bonchev–Trinajstić information content (AvgIpc) is 2.99. The largest absolute Gasteiger partial charge is 0.256 e. The molecule has 7 rings (SSSR count). The monoisotopic (exact) mass is 482 g/mol. The molecule has 0 N–H and O–H groups in total. The van der Waals surface area contributed by atoms with Gasteiger partial charge in [0.2, 0.25) is 0 Å². The zero-order chi connectivity index (χ0) is 25.5. The molecule has 0 aliphatic carbocycles. The molecule has 1 aromatic heterocycles. The summed E-state index contributed by atoms with van der Waals surface area (Å²) in [6.07, 6.45) is 1.69. The van der Waals surface area contributed by atoms with E-state index in [0.29, 0.717) is 5.56 Å². The highest BCUT2D eigenvalue weighted by Gasteiger charge is 2.17. The summed E-state index contributed by atoms with van der Waals surface area (Å²) in [7, 11) is 0. The lowest BCUT2D eigenvalue weighted by atomic mass is 9.85. The van der Waals surface area contributed by atoms with Crippen LogP contribution in [0.4, 0.5) is 0 Å². The van der Waals surface area contributed by atoms with Crippen LogP contribution in [0.3, 0.4) is 0 Å². The highest BCUT2D eigenvalue weighted by atomic mass is 14.7. The SMILES string of the molecule is N#Cc1ccnc(-c2ccc(-c3c4ccccc4c(-c4ccccc4)c4cc5ccccc5cc34)cc2)c1. The van der Waals surface area contributed by atoms with Gasteiger partial charge in [0.25, 0.3) is 0 Å². The molecule has 0 unspecified atom stereocenters. The Morgan fingerprint density at radius 2 is 1.00 bits per heavy atom. The van der Waals surface area contributed by atoms with Gasteiger partial charge in [-0.25, -0.2) is 0 Å². The lowest BCUT2D eigenvalue weighted by molar-refractivity contribution is 1.31. The van der Waals surface area contributed by atoms with Crippen molar-refractivity contribution in [2.45, 2.75) is 0 Å². The maximum Gasteiger partial charge on any atom is 0.0992 e. The van der Waals surface area contributed by atoms with Crippen LogP contribution >= 0.6 is 0 Å². The first-order valence-corrected chi connectivity index (χ1v) is 12.7. The number of rotatable bonds is 3. The number of nitrogens with zero attached hydrogens (tertiary/aromatic N) is 2. The van der Waals surface area contributed by atoms with Crippen LogP contribution < -0.4 is 0 Å². The molecule has 0 bridgehead atoms. The van der Waals surface area contributed by atoms with E-state index in [1.807, 2.05) is 6.07 Å². The van der Waals surface area contributed by atoms with Crippen LogP contribution in [-0.2, 0) is 0 Å². The van der Waals surface area contributed by atoms with E-state index in [0.717, 1.165) is 16.8 Å². The number of hydrogen-bond acceptors (Lipinski definition) is 2. The Balaban J connectivity index is 1.55. The molecule has 176 valence electrons. The van der Waals surface area contributed by atoms with Crippen molar-refractivity contribution in [3.05, 3.63) is 139 Å². The van der Waals surface area contributed by atoms with Crippen LogP contribution in [0, 0.1) is 11.3 Å². The Hall–Kier alpha value is -5.26. The van der Waals surface area contributed by atoms with Gasteiger partial charge in [0.1, 0.15) is 0 Å². The molecule has 2 heteroatoms. The second kappa shape index (κ2) is 9.00. The van der Waals surface area contributed by atoms with Gasteiger partial charge < -0.3 is 0 Å². The minimum absolute atomic E-state index is 0.611. The van der Waals surface area contributed by atoms with Crippen molar-refractivity contribution in [1.29, 1.82) is 5.26 Å². The fourth-order valence-electron chi connectivity index (χ4n) is 5.56. The summed E-state index contributed by atoms with van der Waals surface area (Å²) in [5.41, 5.74) is 7.27. The van der Waals surface area contributed by atoms with Crippen molar-refractivity contribution < 1.29 is 0 Å². The predicted molar refractivity (Wildman–Crippen MR) is 158 cm³/mol. The molecular formula is C36H22N2. The van der Waals surface area contributed by atoms with Gasteiger partial charge in [0.05, 0.1) is 17.3 Å². The zero-order valence-corrected chi connectivity index (χ0v) is 20.6. The van der Waals surface area contributed by atoms with Crippen molar-refractivity contribution in [3.63, 3.8) is 0 Å².